The highest BCUT2D eigenvalue weighted by Gasteiger charge is 2.42. The van der Waals surface area contributed by atoms with Gasteiger partial charge < -0.3 is 10.0 Å². The molecule has 0 unspecified atom stereocenters. The van der Waals surface area contributed by atoms with Crippen LogP contribution in [0.4, 0.5) is 5.69 Å². The summed E-state index contributed by atoms with van der Waals surface area (Å²) in [7, 11) is 0. The van der Waals surface area contributed by atoms with Crippen molar-refractivity contribution >= 4 is 22.8 Å². The smallest absolute Gasteiger partial charge is 0.222 e. The molecule has 136 valence electrons. The number of nitrogens with zero attached hydrogens (tertiary/aromatic N) is 1. The van der Waals surface area contributed by atoms with E-state index in [0.29, 0.717) is 11.1 Å². The first kappa shape index (κ1) is 18.2. The molecule has 0 aromatic heterocycles. The second kappa shape index (κ2) is 6.94. The fraction of sp³-hybridized carbons (Fsp3) is 0.364. The summed E-state index contributed by atoms with van der Waals surface area (Å²) in [6.45, 7) is 12.2. The van der Waals surface area contributed by atoms with Crippen molar-refractivity contribution < 1.29 is 14.9 Å². The molecule has 2 N–H and O–H groups in total. The highest BCUT2D eigenvalue weighted by atomic mass is 16.3. The van der Waals surface area contributed by atoms with E-state index in [1.54, 1.807) is 0 Å². The zero-order valence-corrected chi connectivity index (χ0v) is 16.2. The Balaban J connectivity index is 1.98. The molecular formula is C22H27N2O2+. The Hall–Kier alpha value is -2.62. The van der Waals surface area contributed by atoms with Crippen molar-refractivity contribution in [3.05, 3.63) is 58.0 Å². The Morgan fingerprint density at radius 1 is 1.00 bits per heavy atom. The molecule has 0 bridgehead atoms. The van der Waals surface area contributed by atoms with Crippen LogP contribution in [0.2, 0.25) is 0 Å². The maximum atomic E-state index is 12.8. The van der Waals surface area contributed by atoms with Gasteiger partial charge in [0, 0.05) is 36.8 Å². The lowest BCUT2D eigenvalue weighted by atomic mass is 9.81. The number of anilines is 1. The first-order valence-electron chi connectivity index (χ1n) is 9.33. The van der Waals surface area contributed by atoms with Gasteiger partial charge in [-0.1, -0.05) is 19.1 Å². The summed E-state index contributed by atoms with van der Waals surface area (Å²) in [6.07, 6.45) is 0.903. The number of benzene rings is 1. The molecule has 26 heavy (non-hydrogen) atoms. The van der Waals surface area contributed by atoms with E-state index in [4.69, 9.17) is 0 Å². The predicted molar refractivity (Wildman–Crippen MR) is 106 cm³/mol. The normalized spacial score (nSPS) is 19.9. The minimum Gasteiger partial charge on any atom is -0.506 e. The molecule has 0 fully saturated rings. The number of hydrogen-bond donors (Lipinski definition) is 2. The molecule has 1 aromatic rings. The zero-order valence-electron chi connectivity index (χ0n) is 16.2. The molecule has 4 nitrogen and oxygen atoms in total. The minimum absolute atomic E-state index is 0.0925. The number of hydrogen-bond acceptors (Lipinski definition) is 3. The van der Waals surface area contributed by atoms with Crippen molar-refractivity contribution in [2.75, 3.05) is 18.0 Å². The number of ketones is 1. The summed E-state index contributed by atoms with van der Waals surface area (Å²) < 4.78 is 0. The number of Topliss-reactive ketones (excluding diaryl/α,β-unsaturated/α-hetero) is 1. The lowest BCUT2D eigenvalue weighted by molar-refractivity contribution is -0.389. The van der Waals surface area contributed by atoms with Gasteiger partial charge in [-0.2, -0.15) is 0 Å². The summed E-state index contributed by atoms with van der Waals surface area (Å²) in [5.41, 5.74) is 6.79. The van der Waals surface area contributed by atoms with E-state index in [2.05, 4.69) is 30.7 Å². The Morgan fingerprint density at radius 3 is 2.08 bits per heavy atom. The van der Waals surface area contributed by atoms with E-state index >= 15 is 0 Å². The topological polar surface area (TPSA) is 54.5 Å². The second-order valence-electron chi connectivity index (χ2n) is 6.73. The third kappa shape index (κ3) is 2.70. The number of carbonyl (C=O) groups excluding carboxylic acids is 1. The maximum absolute atomic E-state index is 12.8. The Labute approximate surface area is 155 Å². The number of allylic oxidation sites excluding steroid dienone is 4. The van der Waals surface area contributed by atoms with E-state index in [-0.39, 0.29) is 11.5 Å². The van der Waals surface area contributed by atoms with Gasteiger partial charge in [-0.05, 0) is 44.9 Å². The molecule has 1 aliphatic carbocycles. The second-order valence-corrected chi connectivity index (χ2v) is 6.73. The first-order chi connectivity index (χ1) is 12.4. The Bertz CT molecular complexity index is 879. The molecule has 1 heterocycles. The first-order valence-corrected chi connectivity index (χ1v) is 9.33. The van der Waals surface area contributed by atoms with Crippen LogP contribution in [0.5, 0.6) is 0 Å². The average Bonchev–Trinajstić information content (AvgIpc) is 2.91. The van der Waals surface area contributed by atoms with Gasteiger partial charge in [0.05, 0.1) is 5.57 Å². The molecule has 1 aliphatic heterocycles. The fourth-order valence-corrected chi connectivity index (χ4v) is 3.90. The van der Waals surface area contributed by atoms with Crippen LogP contribution in [0.15, 0.2) is 52.4 Å². The molecule has 4 heteroatoms. The fourth-order valence-electron chi connectivity index (χ4n) is 3.90. The Morgan fingerprint density at radius 2 is 1.62 bits per heavy atom. The number of carbonyl (C=O) groups is 1. The number of rotatable bonds is 5. The lowest BCUT2D eigenvalue weighted by Crippen LogP contribution is -2.69. The third-order valence-electron chi connectivity index (χ3n) is 5.41. The summed E-state index contributed by atoms with van der Waals surface area (Å²) in [5.74, 6) is 0.00249. The molecule has 0 spiro atoms. The molecule has 0 saturated heterocycles. The van der Waals surface area contributed by atoms with Crippen molar-refractivity contribution in [1.29, 1.82) is 0 Å². The van der Waals surface area contributed by atoms with Crippen LogP contribution >= 0.6 is 0 Å². The average molecular weight is 351 g/mol. The van der Waals surface area contributed by atoms with Crippen LogP contribution in [0.1, 0.15) is 46.6 Å². The van der Waals surface area contributed by atoms with Crippen molar-refractivity contribution in [3.8, 4) is 0 Å². The van der Waals surface area contributed by atoms with Crippen molar-refractivity contribution in [1.82, 2.24) is 0 Å². The molecule has 0 saturated carbocycles. The van der Waals surface area contributed by atoms with Gasteiger partial charge in [0.25, 0.3) is 0 Å². The Kier molecular flexibility index (Phi) is 4.86. The lowest BCUT2D eigenvalue weighted by Gasteiger charge is -2.23. The summed E-state index contributed by atoms with van der Waals surface area (Å²) in [4.78, 5) is 18.3. The number of nitrogens with one attached hydrogen (secondary N) is 1. The zero-order chi connectivity index (χ0) is 19.0. The standard InChI is InChI=1S/C22H26N2O2/c1-6-17-13(4)20(23-14(17)5)19-21(25)18(22(19)26)15-9-11-16(12-10-15)24(7-2)8-3/h9-12,25H,6-8H2,1-5H3/p+1. The van der Waals surface area contributed by atoms with Gasteiger partial charge in [-0.15, -0.1) is 0 Å². The van der Waals surface area contributed by atoms with Crippen molar-refractivity contribution in [2.45, 2.75) is 41.0 Å². The molecule has 0 atom stereocenters. The van der Waals surface area contributed by atoms with E-state index in [9.17, 15) is 9.90 Å². The highest BCUT2D eigenvalue weighted by molar-refractivity contribution is 6.39. The maximum Gasteiger partial charge on any atom is 0.222 e. The van der Waals surface area contributed by atoms with Crippen LogP contribution in [0.25, 0.3) is 5.57 Å². The van der Waals surface area contributed by atoms with Gasteiger partial charge in [-0.25, -0.2) is 4.99 Å². The van der Waals surface area contributed by atoms with E-state index in [1.807, 2.05) is 38.1 Å². The predicted octanol–water partition coefficient (Wildman–Crippen LogP) is 2.92. The van der Waals surface area contributed by atoms with E-state index < -0.39 is 0 Å². The van der Waals surface area contributed by atoms with Crippen LogP contribution in [-0.2, 0) is 4.79 Å². The van der Waals surface area contributed by atoms with Gasteiger partial charge in [-0.3, -0.25) is 4.79 Å². The molecule has 0 amide bonds. The molecular weight excluding hydrogens is 324 g/mol. The molecule has 1 aromatic carbocycles. The monoisotopic (exact) mass is 351 g/mol. The van der Waals surface area contributed by atoms with E-state index in [0.717, 1.165) is 47.7 Å². The van der Waals surface area contributed by atoms with Crippen molar-refractivity contribution in [3.63, 3.8) is 0 Å². The largest absolute Gasteiger partial charge is 0.506 e. The summed E-state index contributed by atoms with van der Waals surface area (Å²) >= 11 is 0. The van der Waals surface area contributed by atoms with Gasteiger partial charge in [0.15, 0.2) is 5.71 Å². The van der Waals surface area contributed by atoms with E-state index in [1.165, 1.54) is 5.57 Å². The number of aliphatic hydroxyl groups excluding tert-OH is 1. The van der Waals surface area contributed by atoms with Gasteiger partial charge >= 0.3 is 0 Å². The molecule has 3 rings (SSSR count). The van der Waals surface area contributed by atoms with Gasteiger partial charge in [0.2, 0.25) is 11.5 Å². The van der Waals surface area contributed by atoms with Crippen LogP contribution in [0.3, 0.4) is 0 Å². The third-order valence-corrected chi connectivity index (χ3v) is 5.41. The van der Waals surface area contributed by atoms with Crippen LogP contribution in [-0.4, -0.2) is 29.7 Å². The quantitative estimate of drug-likeness (QED) is 0.802. The summed E-state index contributed by atoms with van der Waals surface area (Å²) in [5, 5.41) is 10.6. The SMILES string of the molecule is CCC1=C(C)C(=C2C(=O)C(c3ccc(N(CC)CC)cc3)=C2O)[NH+]=C1C. The summed E-state index contributed by atoms with van der Waals surface area (Å²) in [6, 6.07) is 7.84. The van der Waals surface area contributed by atoms with Crippen molar-refractivity contribution in [2.24, 2.45) is 0 Å². The number of aliphatic hydroxyl groups is 1. The van der Waals surface area contributed by atoms with Gasteiger partial charge in [0.1, 0.15) is 11.3 Å². The highest BCUT2D eigenvalue weighted by Crippen LogP contribution is 2.39. The van der Waals surface area contributed by atoms with Crippen LogP contribution < -0.4 is 9.89 Å². The minimum atomic E-state index is -0.0925. The molecule has 0 radical (unpaired) electrons. The van der Waals surface area contributed by atoms with Crippen LogP contribution in [0, 0.1) is 0 Å². The molecule has 2 aliphatic rings.